The first-order chi connectivity index (χ1) is 12.4. The van der Waals surface area contributed by atoms with Crippen LogP contribution in [0.4, 0.5) is 10.5 Å². The fourth-order valence-corrected chi connectivity index (χ4v) is 2.65. The lowest BCUT2D eigenvalue weighted by atomic mass is 10.0. The number of morpholine rings is 1. The largest absolute Gasteiger partial charge is 0.378 e. The minimum absolute atomic E-state index is 0.0493. The van der Waals surface area contributed by atoms with Crippen molar-refractivity contribution in [3.8, 4) is 0 Å². The number of nitrogens with one attached hydrogen (secondary N) is 3. The molecule has 1 heterocycles. The van der Waals surface area contributed by atoms with E-state index in [1.54, 1.807) is 36.2 Å². The highest BCUT2D eigenvalue weighted by atomic mass is 16.5. The maximum atomic E-state index is 12.7. The number of carbonyl (C=O) groups excluding carboxylic acids is 3. The van der Waals surface area contributed by atoms with E-state index in [-0.39, 0.29) is 17.7 Å². The van der Waals surface area contributed by atoms with Gasteiger partial charge in [0, 0.05) is 31.4 Å². The minimum Gasteiger partial charge on any atom is -0.378 e. The zero-order chi connectivity index (χ0) is 19.1. The third kappa shape index (κ3) is 5.19. The standard InChI is InChI=1S/C18H26N4O4/c1-12(2)15(17(24)22-8-10-26-11-9-22)21-18(25)20-14-6-4-13(5-7-14)16(23)19-3/h4-7,12,15H,8-11H2,1-3H3,(H,19,23)(H2,20,21,25)/t15-/m0/s1. The summed E-state index contributed by atoms with van der Waals surface area (Å²) in [5.41, 5.74) is 1.04. The topological polar surface area (TPSA) is 99.8 Å². The summed E-state index contributed by atoms with van der Waals surface area (Å²) in [5, 5.41) is 7.98. The van der Waals surface area contributed by atoms with Crippen LogP contribution in [0.3, 0.4) is 0 Å². The Hall–Kier alpha value is -2.61. The van der Waals surface area contributed by atoms with Crippen LogP contribution in [0.15, 0.2) is 24.3 Å². The molecule has 1 aliphatic heterocycles. The second kappa shape index (κ2) is 9.19. The molecule has 0 spiro atoms. The van der Waals surface area contributed by atoms with Gasteiger partial charge in [-0.1, -0.05) is 13.8 Å². The summed E-state index contributed by atoms with van der Waals surface area (Å²) in [6.07, 6.45) is 0. The third-order valence-corrected chi connectivity index (χ3v) is 4.17. The van der Waals surface area contributed by atoms with Crippen molar-refractivity contribution >= 4 is 23.5 Å². The summed E-state index contributed by atoms with van der Waals surface area (Å²) in [6.45, 7) is 5.88. The highest BCUT2D eigenvalue weighted by Crippen LogP contribution is 2.11. The van der Waals surface area contributed by atoms with Gasteiger partial charge in [0.05, 0.1) is 13.2 Å². The number of nitrogens with zero attached hydrogens (tertiary/aromatic N) is 1. The first-order valence-electron chi connectivity index (χ1n) is 8.68. The van der Waals surface area contributed by atoms with Gasteiger partial charge >= 0.3 is 6.03 Å². The molecule has 2 rings (SSSR count). The molecular formula is C18H26N4O4. The molecule has 4 amide bonds. The molecule has 1 saturated heterocycles. The van der Waals surface area contributed by atoms with Crippen molar-refractivity contribution in [2.24, 2.45) is 5.92 Å². The van der Waals surface area contributed by atoms with E-state index < -0.39 is 12.1 Å². The van der Waals surface area contributed by atoms with Crippen LogP contribution in [-0.2, 0) is 9.53 Å². The van der Waals surface area contributed by atoms with Crippen LogP contribution in [0.1, 0.15) is 24.2 Å². The molecule has 26 heavy (non-hydrogen) atoms. The first kappa shape index (κ1) is 19.7. The van der Waals surface area contributed by atoms with E-state index in [1.165, 1.54) is 0 Å². The molecule has 1 aliphatic rings. The number of carbonyl (C=O) groups is 3. The Labute approximate surface area is 153 Å². The molecule has 0 bridgehead atoms. The van der Waals surface area contributed by atoms with Crippen molar-refractivity contribution in [1.82, 2.24) is 15.5 Å². The van der Waals surface area contributed by atoms with Crippen LogP contribution in [0.25, 0.3) is 0 Å². The Bertz CT molecular complexity index is 639. The van der Waals surface area contributed by atoms with Crippen LogP contribution in [0, 0.1) is 5.92 Å². The summed E-state index contributed by atoms with van der Waals surface area (Å²) in [4.78, 5) is 38.2. The predicted octanol–water partition coefficient (Wildman–Crippen LogP) is 1.05. The van der Waals surface area contributed by atoms with Gasteiger partial charge in [0.1, 0.15) is 6.04 Å². The van der Waals surface area contributed by atoms with Crippen molar-refractivity contribution in [2.45, 2.75) is 19.9 Å². The van der Waals surface area contributed by atoms with Gasteiger partial charge < -0.3 is 25.6 Å². The van der Waals surface area contributed by atoms with Crippen LogP contribution in [-0.4, -0.2) is 62.1 Å². The zero-order valence-electron chi connectivity index (χ0n) is 15.4. The van der Waals surface area contributed by atoms with Gasteiger partial charge in [-0.3, -0.25) is 9.59 Å². The van der Waals surface area contributed by atoms with Crippen molar-refractivity contribution in [1.29, 1.82) is 0 Å². The molecule has 0 saturated carbocycles. The van der Waals surface area contributed by atoms with Crippen LogP contribution in [0.2, 0.25) is 0 Å². The number of hydrogen-bond acceptors (Lipinski definition) is 4. The minimum atomic E-state index is -0.613. The van der Waals surface area contributed by atoms with Gasteiger partial charge in [-0.15, -0.1) is 0 Å². The van der Waals surface area contributed by atoms with E-state index in [0.717, 1.165) is 0 Å². The van der Waals surface area contributed by atoms with Gasteiger partial charge in [-0.25, -0.2) is 4.79 Å². The number of amides is 4. The molecular weight excluding hydrogens is 336 g/mol. The molecule has 1 atom stereocenters. The Morgan fingerprint density at radius 1 is 1.08 bits per heavy atom. The molecule has 3 N–H and O–H groups in total. The zero-order valence-corrected chi connectivity index (χ0v) is 15.4. The smallest absolute Gasteiger partial charge is 0.319 e. The van der Waals surface area contributed by atoms with Gasteiger partial charge in [-0.2, -0.15) is 0 Å². The SMILES string of the molecule is CNC(=O)c1ccc(NC(=O)N[C@H](C(=O)N2CCOCC2)C(C)C)cc1. The maximum Gasteiger partial charge on any atom is 0.319 e. The summed E-state index contributed by atoms with van der Waals surface area (Å²) in [6, 6.07) is 5.44. The Morgan fingerprint density at radius 3 is 2.23 bits per heavy atom. The molecule has 8 nitrogen and oxygen atoms in total. The van der Waals surface area contributed by atoms with Gasteiger partial charge in [0.25, 0.3) is 5.91 Å². The Morgan fingerprint density at radius 2 is 1.69 bits per heavy atom. The fourth-order valence-electron chi connectivity index (χ4n) is 2.65. The second-order valence-electron chi connectivity index (χ2n) is 6.41. The summed E-state index contributed by atoms with van der Waals surface area (Å²) in [5.74, 6) is -0.350. The molecule has 0 radical (unpaired) electrons. The average Bonchev–Trinajstić information content (AvgIpc) is 2.66. The summed E-state index contributed by atoms with van der Waals surface area (Å²) >= 11 is 0. The van der Waals surface area contributed by atoms with Gasteiger partial charge in [0.15, 0.2) is 0 Å². The lowest BCUT2D eigenvalue weighted by Crippen LogP contribution is -2.54. The molecule has 1 fully saturated rings. The lowest BCUT2D eigenvalue weighted by Gasteiger charge is -2.32. The lowest BCUT2D eigenvalue weighted by molar-refractivity contribution is -0.138. The van der Waals surface area contributed by atoms with Crippen LogP contribution < -0.4 is 16.0 Å². The van der Waals surface area contributed by atoms with Crippen molar-refractivity contribution in [3.05, 3.63) is 29.8 Å². The van der Waals surface area contributed by atoms with Gasteiger partial charge in [-0.05, 0) is 30.2 Å². The number of benzene rings is 1. The van der Waals surface area contributed by atoms with E-state index >= 15 is 0 Å². The fraction of sp³-hybridized carbons (Fsp3) is 0.500. The highest BCUT2D eigenvalue weighted by molar-refractivity contribution is 5.96. The van der Waals surface area contributed by atoms with Crippen molar-refractivity contribution in [3.63, 3.8) is 0 Å². The van der Waals surface area contributed by atoms with E-state index in [9.17, 15) is 14.4 Å². The number of anilines is 1. The van der Waals surface area contributed by atoms with E-state index in [1.807, 2.05) is 13.8 Å². The average molecular weight is 362 g/mol. The molecule has 0 unspecified atom stereocenters. The number of ether oxygens (including phenoxy) is 1. The maximum absolute atomic E-state index is 12.7. The molecule has 1 aromatic rings. The van der Waals surface area contributed by atoms with E-state index in [0.29, 0.717) is 37.6 Å². The third-order valence-electron chi connectivity index (χ3n) is 4.17. The van der Waals surface area contributed by atoms with Crippen molar-refractivity contribution in [2.75, 3.05) is 38.7 Å². The summed E-state index contributed by atoms with van der Waals surface area (Å²) in [7, 11) is 1.56. The monoisotopic (exact) mass is 362 g/mol. The van der Waals surface area contributed by atoms with Crippen molar-refractivity contribution < 1.29 is 19.1 Å². The molecule has 142 valence electrons. The molecule has 0 aliphatic carbocycles. The molecule has 1 aromatic carbocycles. The van der Waals surface area contributed by atoms with E-state index in [4.69, 9.17) is 4.74 Å². The van der Waals surface area contributed by atoms with Gasteiger partial charge in [0.2, 0.25) is 5.91 Å². The predicted molar refractivity (Wildman–Crippen MR) is 98.0 cm³/mol. The molecule has 0 aromatic heterocycles. The first-order valence-corrected chi connectivity index (χ1v) is 8.68. The Kier molecular flexibility index (Phi) is 6.97. The highest BCUT2D eigenvalue weighted by Gasteiger charge is 2.29. The number of urea groups is 1. The number of hydrogen-bond donors (Lipinski definition) is 3. The number of rotatable bonds is 5. The van der Waals surface area contributed by atoms with E-state index in [2.05, 4.69) is 16.0 Å². The normalized spacial score (nSPS) is 15.3. The second-order valence-corrected chi connectivity index (χ2v) is 6.41. The molecule has 8 heteroatoms. The Balaban J connectivity index is 1.96. The summed E-state index contributed by atoms with van der Waals surface area (Å²) < 4.78 is 5.26. The van der Waals surface area contributed by atoms with Crippen LogP contribution in [0.5, 0.6) is 0 Å². The van der Waals surface area contributed by atoms with Crippen LogP contribution >= 0.6 is 0 Å². The quantitative estimate of drug-likeness (QED) is 0.729.